The number of ether oxygens (including phenoxy) is 1. The van der Waals surface area contributed by atoms with E-state index in [0.29, 0.717) is 5.69 Å². The molecule has 0 unspecified atom stereocenters. The van der Waals surface area contributed by atoms with Crippen molar-refractivity contribution in [1.82, 2.24) is 4.90 Å². The van der Waals surface area contributed by atoms with E-state index < -0.39 is 16.0 Å². The van der Waals surface area contributed by atoms with Crippen molar-refractivity contribution in [3.05, 3.63) is 59.7 Å². The van der Waals surface area contributed by atoms with Crippen LogP contribution in [0.4, 0.5) is 5.69 Å². The third-order valence-corrected chi connectivity index (χ3v) is 5.60. The fourth-order valence-electron chi connectivity index (χ4n) is 2.61. The number of benzene rings is 2. The average molecular weight is 419 g/mol. The third-order valence-electron chi connectivity index (χ3n) is 4.20. The molecule has 0 bridgehead atoms. The molecule has 1 amide bonds. The first-order valence-corrected chi connectivity index (χ1v) is 10.8. The zero-order valence-corrected chi connectivity index (χ0v) is 17.8. The summed E-state index contributed by atoms with van der Waals surface area (Å²) in [7, 11) is -3.78. The number of nitrogens with zero attached hydrogens (tertiary/aromatic N) is 1. The quantitative estimate of drug-likeness (QED) is 0.665. The number of amides is 1. The van der Waals surface area contributed by atoms with Gasteiger partial charge in [-0.2, -0.15) is 0 Å². The molecule has 0 saturated heterocycles. The summed E-state index contributed by atoms with van der Waals surface area (Å²) in [6.07, 6.45) is 0. The molecule has 0 aliphatic rings. The summed E-state index contributed by atoms with van der Waals surface area (Å²) < 4.78 is 32.5. The highest BCUT2D eigenvalue weighted by atomic mass is 32.2. The number of sulfonamides is 1. The Morgan fingerprint density at radius 3 is 2.14 bits per heavy atom. The topological polar surface area (TPSA) is 92.8 Å². The van der Waals surface area contributed by atoms with Gasteiger partial charge in [-0.25, -0.2) is 8.42 Å². The number of hydrogen-bond acceptors (Lipinski definition) is 5. The zero-order chi connectivity index (χ0) is 21.6. The van der Waals surface area contributed by atoms with Crippen molar-refractivity contribution in [2.45, 2.75) is 38.6 Å². The molecule has 156 valence electrons. The number of rotatable bonds is 8. The standard InChI is InChI=1S/C21H26N2O5S/c1-5-28-20(24)14-23(15(2)3)21(25)17-8-12-19(13-9-17)29(26,27)22-18-10-6-16(4)7-11-18/h6-13,15,22H,5,14H2,1-4H3. The Morgan fingerprint density at radius 1 is 1.03 bits per heavy atom. The van der Waals surface area contributed by atoms with E-state index in [-0.39, 0.29) is 35.6 Å². The number of carbonyl (C=O) groups excluding carboxylic acids is 2. The molecular formula is C21H26N2O5S. The van der Waals surface area contributed by atoms with Crippen molar-refractivity contribution in [2.75, 3.05) is 17.9 Å². The highest BCUT2D eigenvalue weighted by molar-refractivity contribution is 7.92. The molecule has 0 saturated carbocycles. The second kappa shape index (κ2) is 9.56. The molecular weight excluding hydrogens is 392 g/mol. The second-order valence-electron chi connectivity index (χ2n) is 6.83. The van der Waals surface area contributed by atoms with Crippen LogP contribution in [-0.4, -0.2) is 44.4 Å². The normalized spacial score (nSPS) is 11.2. The molecule has 0 aromatic heterocycles. The molecule has 0 atom stereocenters. The first kappa shape index (κ1) is 22.4. The van der Waals surface area contributed by atoms with Gasteiger partial charge >= 0.3 is 5.97 Å². The van der Waals surface area contributed by atoms with Crippen LogP contribution in [-0.2, 0) is 19.6 Å². The Morgan fingerprint density at radius 2 is 1.62 bits per heavy atom. The van der Waals surface area contributed by atoms with Gasteiger partial charge in [0.05, 0.1) is 11.5 Å². The van der Waals surface area contributed by atoms with E-state index in [1.54, 1.807) is 32.9 Å². The van der Waals surface area contributed by atoms with Crippen molar-refractivity contribution in [3.8, 4) is 0 Å². The van der Waals surface area contributed by atoms with Crippen molar-refractivity contribution in [2.24, 2.45) is 0 Å². The van der Waals surface area contributed by atoms with Crippen LogP contribution in [0.2, 0.25) is 0 Å². The van der Waals surface area contributed by atoms with Gasteiger partial charge in [-0.3, -0.25) is 14.3 Å². The first-order chi connectivity index (χ1) is 13.6. The molecule has 8 heteroatoms. The molecule has 0 radical (unpaired) electrons. The summed E-state index contributed by atoms with van der Waals surface area (Å²) >= 11 is 0. The van der Waals surface area contributed by atoms with E-state index in [4.69, 9.17) is 4.74 Å². The monoisotopic (exact) mass is 418 g/mol. The van der Waals surface area contributed by atoms with Crippen LogP contribution in [0.5, 0.6) is 0 Å². The van der Waals surface area contributed by atoms with E-state index in [2.05, 4.69) is 4.72 Å². The van der Waals surface area contributed by atoms with Crippen LogP contribution in [0.3, 0.4) is 0 Å². The lowest BCUT2D eigenvalue weighted by Gasteiger charge is -2.25. The first-order valence-electron chi connectivity index (χ1n) is 9.30. The van der Waals surface area contributed by atoms with Crippen LogP contribution >= 0.6 is 0 Å². The molecule has 2 aromatic carbocycles. The van der Waals surface area contributed by atoms with Gasteiger partial charge in [0, 0.05) is 17.3 Å². The lowest BCUT2D eigenvalue weighted by atomic mass is 10.1. The summed E-state index contributed by atoms with van der Waals surface area (Å²) in [5, 5.41) is 0. The Kier molecular flexibility index (Phi) is 7.39. The van der Waals surface area contributed by atoms with Gasteiger partial charge < -0.3 is 9.64 Å². The smallest absolute Gasteiger partial charge is 0.325 e. The van der Waals surface area contributed by atoms with Gasteiger partial charge in [0.15, 0.2) is 0 Å². The largest absolute Gasteiger partial charge is 0.465 e. The minimum Gasteiger partial charge on any atom is -0.465 e. The Bertz CT molecular complexity index is 952. The van der Waals surface area contributed by atoms with Gasteiger partial charge in [0.25, 0.3) is 15.9 Å². The molecule has 2 aromatic rings. The molecule has 2 rings (SSSR count). The fourth-order valence-corrected chi connectivity index (χ4v) is 3.67. The number of anilines is 1. The van der Waals surface area contributed by atoms with E-state index in [9.17, 15) is 18.0 Å². The minimum absolute atomic E-state index is 0.0381. The maximum atomic E-state index is 12.8. The predicted octanol–water partition coefficient (Wildman–Crippen LogP) is 3.21. The Hall–Kier alpha value is -2.87. The average Bonchev–Trinajstić information content (AvgIpc) is 2.67. The molecule has 0 aliphatic heterocycles. The van der Waals surface area contributed by atoms with Crippen LogP contribution < -0.4 is 4.72 Å². The number of esters is 1. The lowest BCUT2D eigenvalue weighted by molar-refractivity contribution is -0.144. The maximum absolute atomic E-state index is 12.8. The molecule has 0 fully saturated rings. The third kappa shape index (κ3) is 6.05. The number of nitrogens with one attached hydrogen (secondary N) is 1. The van der Waals surface area contributed by atoms with Crippen LogP contribution in [0.25, 0.3) is 0 Å². The molecule has 0 spiro atoms. The molecule has 29 heavy (non-hydrogen) atoms. The molecule has 1 N–H and O–H groups in total. The van der Waals surface area contributed by atoms with E-state index in [1.165, 1.54) is 29.2 Å². The summed E-state index contributed by atoms with van der Waals surface area (Å²) in [5.41, 5.74) is 1.77. The van der Waals surface area contributed by atoms with Gasteiger partial charge in [0.1, 0.15) is 6.54 Å². The van der Waals surface area contributed by atoms with Gasteiger partial charge in [-0.1, -0.05) is 17.7 Å². The van der Waals surface area contributed by atoms with Gasteiger partial charge in [-0.15, -0.1) is 0 Å². The summed E-state index contributed by atoms with van der Waals surface area (Å²) in [6, 6.07) is 12.4. The number of carbonyl (C=O) groups is 2. The van der Waals surface area contributed by atoms with Crippen molar-refractivity contribution in [1.29, 1.82) is 0 Å². The SMILES string of the molecule is CCOC(=O)CN(C(=O)c1ccc(S(=O)(=O)Nc2ccc(C)cc2)cc1)C(C)C. The maximum Gasteiger partial charge on any atom is 0.325 e. The highest BCUT2D eigenvalue weighted by Crippen LogP contribution is 2.18. The lowest BCUT2D eigenvalue weighted by Crippen LogP contribution is -2.41. The van der Waals surface area contributed by atoms with Crippen molar-refractivity contribution in [3.63, 3.8) is 0 Å². The molecule has 0 aliphatic carbocycles. The minimum atomic E-state index is -3.78. The Labute approximate surface area is 171 Å². The van der Waals surface area contributed by atoms with Crippen molar-refractivity contribution < 1.29 is 22.7 Å². The van der Waals surface area contributed by atoms with Gasteiger partial charge in [-0.05, 0) is 64.1 Å². The van der Waals surface area contributed by atoms with Crippen LogP contribution in [0.15, 0.2) is 53.4 Å². The predicted molar refractivity (Wildman–Crippen MR) is 111 cm³/mol. The zero-order valence-electron chi connectivity index (χ0n) is 17.0. The van der Waals surface area contributed by atoms with E-state index >= 15 is 0 Å². The van der Waals surface area contributed by atoms with E-state index in [0.717, 1.165) is 5.56 Å². The fraction of sp³-hybridized carbons (Fsp3) is 0.333. The highest BCUT2D eigenvalue weighted by Gasteiger charge is 2.23. The Balaban J connectivity index is 2.17. The van der Waals surface area contributed by atoms with Crippen molar-refractivity contribution >= 4 is 27.6 Å². The number of hydrogen-bond donors (Lipinski definition) is 1. The second-order valence-corrected chi connectivity index (χ2v) is 8.51. The van der Waals surface area contributed by atoms with Crippen LogP contribution in [0, 0.1) is 6.92 Å². The summed E-state index contributed by atoms with van der Waals surface area (Å²) in [5.74, 6) is -0.862. The molecule has 7 nitrogen and oxygen atoms in total. The summed E-state index contributed by atoms with van der Waals surface area (Å²) in [4.78, 5) is 26.0. The van der Waals surface area contributed by atoms with Crippen LogP contribution in [0.1, 0.15) is 36.7 Å². The van der Waals surface area contributed by atoms with Gasteiger partial charge in [0.2, 0.25) is 0 Å². The summed E-state index contributed by atoms with van der Waals surface area (Å²) in [6.45, 7) is 7.27. The van der Waals surface area contributed by atoms with E-state index in [1.807, 2.05) is 19.1 Å². The molecule has 0 heterocycles. The number of aryl methyl sites for hydroxylation is 1.